The van der Waals surface area contributed by atoms with Crippen LogP contribution in [0.2, 0.25) is 0 Å². The van der Waals surface area contributed by atoms with Crippen LogP contribution in [-0.2, 0) is 11.3 Å². The molecule has 1 fully saturated rings. The molecule has 4 atom stereocenters. The molecule has 2 aromatic heterocycles. The highest BCUT2D eigenvalue weighted by Gasteiger charge is 2.44. The number of nitrogens with one attached hydrogen (secondary N) is 1. The third kappa shape index (κ3) is 3.27. The number of rotatable bonds is 6. The summed E-state index contributed by atoms with van der Waals surface area (Å²) in [4.78, 5) is 12.8. The summed E-state index contributed by atoms with van der Waals surface area (Å²) < 4.78 is 12.3. The first-order valence-corrected chi connectivity index (χ1v) is 8.79. The molecule has 1 saturated heterocycles. The van der Waals surface area contributed by atoms with Crippen molar-refractivity contribution in [2.24, 2.45) is 0 Å². The molecule has 0 radical (unpaired) electrons. The second-order valence-electron chi connectivity index (χ2n) is 6.48. The first-order valence-electron chi connectivity index (χ1n) is 8.79. The summed E-state index contributed by atoms with van der Waals surface area (Å²) in [6, 6.07) is 7.66. The van der Waals surface area contributed by atoms with Crippen molar-refractivity contribution in [2.45, 2.75) is 31.1 Å². The van der Waals surface area contributed by atoms with E-state index in [1.54, 1.807) is 7.11 Å². The predicted octanol–water partition coefficient (Wildman–Crippen LogP) is 0.0585. The minimum Gasteiger partial charge on any atom is -0.497 e. The first-order chi connectivity index (χ1) is 13.6. The van der Waals surface area contributed by atoms with Gasteiger partial charge in [0.2, 0.25) is 0 Å². The smallest absolute Gasteiger partial charge is 0.167 e. The van der Waals surface area contributed by atoms with E-state index in [-0.39, 0.29) is 0 Å². The molecular weight excluding hydrogens is 366 g/mol. The SMILES string of the molecule is COc1cccc(CNc2ncnc3c2ncn3[C@@H]2O[C@H](CO)C(O)[C@@H]2O)c1. The Balaban J connectivity index is 1.58. The molecule has 0 saturated carbocycles. The maximum absolute atomic E-state index is 10.3. The van der Waals surface area contributed by atoms with E-state index in [2.05, 4.69) is 20.3 Å². The Kier molecular flexibility index (Phi) is 5.09. The highest BCUT2D eigenvalue weighted by atomic mass is 16.6. The topological polar surface area (TPSA) is 135 Å². The summed E-state index contributed by atoms with van der Waals surface area (Å²) in [7, 11) is 1.62. The summed E-state index contributed by atoms with van der Waals surface area (Å²) in [6.45, 7) is 0.105. The Bertz CT molecular complexity index is 964. The molecule has 3 aromatic rings. The number of aliphatic hydroxyl groups excluding tert-OH is 3. The molecule has 0 bridgehead atoms. The van der Waals surface area contributed by atoms with Gasteiger partial charge >= 0.3 is 0 Å². The second-order valence-corrected chi connectivity index (χ2v) is 6.48. The molecule has 148 valence electrons. The maximum Gasteiger partial charge on any atom is 0.167 e. The van der Waals surface area contributed by atoms with Gasteiger partial charge in [0, 0.05) is 6.54 Å². The lowest BCUT2D eigenvalue weighted by Gasteiger charge is -2.16. The Morgan fingerprint density at radius 1 is 1.21 bits per heavy atom. The average Bonchev–Trinajstić information content (AvgIpc) is 3.28. The lowest BCUT2D eigenvalue weighted by atomic mass is 10.1. The monoisotopic (exact) mass is 387 g/mol. The van der Waals surface area contributed by atoms with Crippen LogP contribution in [0.25, 0.3) is 11.2 Å². The molecule has 1 aliphatic rings. The number of fused-ring (bicyclic) bond motifs is 1. The highest BCUT2D eigenvalue weighted by Crippen LogP contribution is 2.32. The van der Waals surface area contributed by atoms with Crippen LogP contribution in [0.4, 0.5) is 5.82 Å². The number of hydrogen-bond donors (Lipinski definition) is 4. The molecule has 1 aliphatic heterocycles. The van der Waals surface area contributed by atoms with E-state index in [1.807, 2.05) is 24.3 Å². The van der Waals surface area contributed by atoms with Crippen molar-refractivity contribution in [3.63, 3.8) is 0 Å². The van der Waals surface area contributed by atoms with E-state index in [4.69, 9.17) is 9.47 Å². The molecule has 0 amide bonds. The van der Waals surface area contributed by atoms with Gasteiger partial charge in [-0.25, -0.2) is 15.0 Å². The van der Waals surface area contributed by atoms with Crippen molar-refractivity contribution in [3.8, 4) is 5.75 Å². The highest BCUT2D eigenvalue weighted by molar-refractivity contribution is 5.82. The minimum atomic E-state index is -1.21. The van der Waals surface area contributed by atoms with E-state index in [0.29, 0.717) is 23.5 Å². The molecular formula is C18H21N5O5. The van der Waals surface area contributed by atoms with Crippen molar-refractivity contribution in [3.05, 3.63) is 42.5 Å². The van der Waals surface area contributed by atoms with E-state index < -0.39 is 31.1 Å². The number of aromatic nitrogens is 4. The van der Waals surface area contributed by atoms with Crippen molar-refractivity contribution in [1.82, 2.24) is 19.5 Å². The van der Waals surface area contributed by atoms with Crippen molar-refractivity contribution < 1.29 is 24.8 Å². The Labute approximate surface area is 160 Å². The van der Waals surface area contributed by atoms with Crippen LogP contribution in [0.15, 0.2) is 36.9 Å². The summed E-state index contributed by atoms with van der Waals surface area (Å²) in [6.07, 6.45) is -1.33. The Morgan fingerprint density at radius 3 is 2.82 bits per heavy atom. The zero-order chi connectivity index (χ0) is 19.7. The summed E-state index contributed by atoms with van der Waals surface area (Å²) in [5, 5.41) is 32.7. The number of benzene rings is 1. The lowest BCUT2D eigenvalue weighted by molar-refractivity contribution is -0.0511. The van der Waals surface area contributed by atoms with Crippen LogP contribution in [-0.4, -0.2) is 66.9 Å². The van der Waals surface area contributed by atoms with Crippen molar-refractivity contribution >= 4 is 17.0 Å². The van der Waals surface area contributed by atoms with Gasteiger partial charge in [0.05, 0.1) is 20.0 Å². The van der Waals surface area contributed by atoms with E-state index >= 15 is 0 Å². The van der Waals surface area contributed by atoms with E-state index in [0.717, 1.165) is 11.3 Å². The molecule has 3 heterocycles. The predicted molar refractivity (Wildman–Crippen MR) is 98.7 cm³/mol. The third-order valence-electron chi connectivity index (χ3n) is 4.74. The van der Waals surface area contributed by atoms with Gasteiger partial charge in [0.25, 0.3) is 0 Å². The number of aliphatic hydroxyl groups is 3. The fourth-order valence-corrected chi connectivity index (χ4v) is 3.25. The lowest BCUT2D eigenvalue weighted by Crippen LogP contribution is -2.33. The van der Waals surface area contributed by atoms with Crippen molar-refractivity contribution in [1.29, 1.82) is 0 Å². The zero-order valence-corrected chi connectivity index (χ0v) is 15.1. The Hall–Kier alpha value is -2.79. The van der Waals surface area contributed by atoms with Gasteiger partial charge in [-0.2, -0.15) is 0 Å². The fourth-order valence-electron chi connectivity index (χ4n) is 3.25. The Morgan fingerprint density at radius 2 is 2.07 bits per heavy atom. The van der Waals surface area contributed by atoms with Crippen LogP contribution in [0.3, 0.4) is 0 Å². The summed E-state index contributed by atoms with van der Waals surface area (Å²) in [5.74, 6) is 1.29. The molecule has 0 spiro atoms. The molecule has 4 N–H and O–H groups in total. The standard InChI is InChI=1S/C18H21N5O5/c1-27-11-4-2-3-10(5-11)6-19-16-13-17(21-8-20-16)23(9-22-13)18-15(26)14(25)12(7-24)28-18/h2-5,8-9,12,14-15,18,24-26H,6-7H2,1H3,(H,19,20,21)/t12-,14?,15+,18-/m1/s1. The molecule has 1 unspecified atom stereocenters. The quantitative estimate of drug-likeness (QED) is 0.463. The molecule has 0 aliphatic carbocycles. The van der Waals surface area contributed by atoms with Gasteiger partial charge < -0.3 is 30.1 Å². The van der Waals surface area contributed by atoms with Crippen LogP contribution >= 0.6 is 0 Å². The fraction of sp³-hybridized carbons (Fsp3) is 0.389. The largest absolute Gasteiger partial charge is 0.497 e. The molecule has 28 heavy (non-hydrogen) atoms. The van der Waals surface area contributed by atoms with Gasteiger partial charge in [-0.05, 0) is 17.7 Å². The molecule has 10 heteroatoms. The van der Waals surface area contributed by atoms with Gasteiger partial charge in [0.15, 0.2) is 23.2 Å². The number of ether oxygens (including phenoxy) is 2. The van der Waals surface area contributed by atoms with Gasteiger partial charge in [-0.1, -0.05) is 12.1 Å². The molecule has 1 aromatic carbocycles. The van der Waals surface area contributed by atoms with E-state index in [1.165, 1.54) is 17.2 Å². The second kappa shape index (κ2) is 7.68. The van der Waals surface area contributed by atoms with Gasteiger partial charge in [-0.3, -0.25) is 4.57 Å². The normalized spacial score (nSPS) is 24.6. The van der Waals surface area contributed by atoms with Crippen LogP contribution in [0.5, 0.6) is 5.75 Å². The van der Waals surface area contributed by atoms with E-state index in [9.17, 15) is 15.3 Å². The maximum atomic E-state index is 10.3. The van der Waals surface area contributed by atoms with Crippen LogP contribution in [0.1, 0.15) is 11.8 Å². The summed E-state index contributed by atoms with van der Waals surface area (Å²) in [5.41, 5.74) is 1.95. The van der Waals surface area contributed by atoms with Gasteiger partial charge in [-0.15, -0.1) is 0 Å². The number of methoxy groups -OCH3 is 1. The molecule has 4 rings (SSSR count). The number of nitrogens with zero attached hydrogens (tertiary/aromatic N) is 4. The molecule has 10 nitrogen and oxygen atoms in total. The zero-order valence-electron chi connectivity index (χ0n) is 15.1. The first kappa shape index (κ1) is 18.6. The average molecular weight is 387 g/mol. The van der Waals surface area contributed by atoms with Crippen molar-refractivity contribution in [2.75, 3.05) is 19.0 Å². The minimum absolute atomic E-state index is 0.399. The number of imidazole rings is 1. The third-order valence-corrected chi connectivity index (χ3v) is 4.74. The van der Waals surface area contributed by atoms with Crippen LogP contribution < -0.4 is 10.1 Å². The van der Waals surface area contributed by atoms with Crippen LogP contribution in [0, 0.1) is 0 Å². The number of anilines is 1. The van der Waals surface area contributed by atoms with Gasteiger partial charge in [0.1, 0.15) is 30.4 Å². The summed E-state index contributed by atoms with van der Waals surface area (Å²) >= 11 is 0. The number of hydrogen-bond acceptors (Lipinski definition) is 9.